The Morgan fingerprint density at radius 2 is 1.70 bits per heavy atom. The van der Waals surface area contributed by atoms with Crippen molar-refractivity contribution in [1.82, 2.24) is 15.1 Å². The molecule has 1 heterocycles. The van der Waals surface area contributed by atoms with Crippen molar-refractivity contribution < 1.29 is 24.2 Å². The zero-order valence-electron chi connectivity index (χ0n) is 18.2. The highest BCUT2D eigenvalue weighted by molar-refractivity contribution is 6.01. The van der Waals surface area contributed by atoms with Gasteiger partial charge in [0.15, 0.2) is 5.69 Å². The summed E-state index contributed by atoms with van der Waals surface area (Å²) >= 11 is 0. The SMILES string of the molecule is CC[C@@H](NC(=O)OCC1c2ccccc2-c2ccccc21)C(=O)Nc1cn(C)nc1C(=O)O. The number of hydrogen-bond donors (Lipinski definition) is 3. The number of aromatic nitrogens is 2. The first-order chi connectivity index (χ1) is 15.9. The van der Waals surface area contributed by atoms with Gasteiger partial charge < -0.3 is 20.5 Å². The molecule has 1 aliphatic rings. The van der Waals surface area contributed by atoms with Crippen LogP contribution < -0.4 is 10.6 Å². The zero-order valence-corrected chi connectivity index (χ0v) is 18.2. The predicted octanol–water partition coefficient (Wildman–Crippen LogP) is 3.37. The first-order valence-corrected chi connectivity index (χ1v) is 10.6. The third-order valence-electron chi connectivity index (χ3n) is 5.65. The van der Waals surface area contributed by atoms with E-state index in [1.165, 1.54) is 10.9 Å². The Labute approximate surface area is 190 Å². The number of carboxylic acid groups (broad SMARTS) is 1. The molecule has 1 aliphatic carbocycles. The van der Waals surface area contributed by atoms with Gasteiger partial charge in [-0.25, -0.2) is 9.59 Å². The minimum Gasteiger partial charge on any atom is -0.476 e. The van der Waals surface area contributed by atoms with Crippen molar-refractivity contribution in [3.63, 3.8) is 0 Å². The van der Waals surface area contributed by atoms with Gasteiger partial charge in [0.05, 0.1) is 5.69 Å². The summed E-state index contributed by atoms with van der Waals surface area (Å²) < 4.78 is 6.79. The maximum Gasteiger partial charge on any atom is 0.407 e. The van der Waals surface area contributed by atoms with Crippen molar-refractivity contribution in [2.45, 2.75) is 25.3 Å². The smallest absolute Gasteiger partial charge is 0.407 e. The summed E-state index contributed by atoms with van der Waals surface area (Å²) in [4.78, 5) is 36.4. The van der Waals surface area contributed by atoms with Crippen LogP contribution in [-0.4, -0.2) is 45.5 Å². The minimum atomic E-state index is -1.26. The standard InChI is InChI=1S/C24H24N4O5/c1-3-19(22(29)25-20-12-28(2)27-21(20)23(30)31)26-24(32)33-13-18-16-10-6-4-8-14(16)15-9-5-7-11-17(15)18/h4-12,18-19H,3,13H2,1-2H3,(H,25,29)(H,26,32)(H,30,31)/t19-/m1/s1. The molecule has 1 atom stereocenters. The lowest BCUT2D eigenvalue weighted by Crippen LogP contribution is -2.44. The lowest BCUT2D eigenvalue weighted by Gasteiger charge is -2.18. The number of nitrogens with zero attached hydrogens (tertiary/aromatic N) is 2. The van der Waals surface area contributed by atoms with Gasteiger partial charge >= 0.3 is 12.1 Å². The maximum atomic E-state index is 12.6. The molecule has 9 heteroatoms. The van der Waals surface area contributed by atoms with Gasteiger partial charge in [-0.2, -0.15) is 5.10 Å². The molecule has 3 aromatic rings. The molecule has 1 aromatic heterocycles. The highest BCUT2D eigenvalue weighted by Crippen LogP contribution is 2.44. The largest absolute Gasteiger partial charge is 0.476 e. The summed E-state index contributed by atoms with van der Waals surface area (Å²) in [5.74, 6) is -1.91. The van der Waals surface area contributed by atoms with Crippen LogP contribution in [0.4, 0.5) is 10.5 Å². The van der Waals surface area contributed by atoms with E-state index in [2.05, 4.69) is 27.9 Å². The number of rotatable bonds is 7. The monoisotopic (exact) mass is 448 g/mol. The number of carbonyl (C=O) groups excluding carboxylic acids is 2. The lowest BCUT2D eigenvalue weighted by molar-refractivity contribution is -0.118. The second-order valence-electron chi connectivity index (χ2n) is 7.79. The van der Waals surface area contributed by atoms with Gasteiger partial charge in [0.1, 0.15) is 12.6 Å². The molecule has 2 aromatic carbocycles. The molecule has 33 heavy (non-hydrogen) atoms. The van der Waals surface area contributed by atoms with E-state index in [1.807, 2.05) is 36.4 Å². The van der Waals surface area contributed by atoms with E-state index in [0.29, 0.717) is 6.42 Å². The van der Waals surface area contributed by atoms with Crippen molar-refractivity contribution in [2.24, 2.45) is 7.05 Å². The summed E-state index contributed by atoms with van der Waals surface area (Å²) in [7, 11) is 1.55. The molecule has 0 saturated heterocycles. The van der Waals surface area contributed by atoms with E-state index in [0.717, 1.165) is 22.3 Å². The molecule has 0 saturated carbocycles. The Morgan fingerprint density at radius 1 is 1.09 bits per heavy atom. The molecule has 2 amide bonds. The van der Waals surface area contributed by atoms with Crippen LogP contribution in [0, 0.1) is 0 Å². The molecule has 0 bridgehead atoms. The van der Waals surface area contributed by atoms with Gasteiger partial charge in [0.25, 0.3) is 0 Å². The molecular weight excluding hydrogens is 424 g/mol. The number of aromatic carboxylic acids is 1. The quantitative estimate of drug-likeness (QED) is 0.509. The molecule has 0 spiro atoms. The van der Waals surface area contributed by atoms with Gasteiger partial charge in [-0.15, -0.1) is 0 Å². The molecule has 0 radical (unpaired) electrons. The number of alkyl carbamates (subject to hydrolysis) is 1. The van der Waals surface area contributed by atoms with Crippen molar-refractivity contribution in [1.29, 1.82) is 0 Å². The topological polar surface area (TPSA) is 123 Å². The number of nitrogens with one attached hydrogen (secondary N) is 2. The van der Waals surface area contributed by atoms with Crippen molar-refractivity contribution >= 4 is 23.7 Å². The lowest BCUT2D eigenvalue weighted by atomic mass is 9.98. The number of ether oxygens (including phenoxy) is 1. The number of aryl methyl sites for hydroxylation is 1. The van der Waals surface area contributed by atoms with Crippen LogP contribution in [0.15, 0.2) is 54.7 Å². The van der Waals surface area contributed by atoms with Crippen LogP contribution in [0.1, 0.15) is 40.9 Å². The van der Waals surface area contributed by atoms with E-state index < -0.39 is 24.0 Å². The number of hydrogen-bond acceptors (Lipinski definition) is 5. The van der Waals surface area contributed by atoms with Crippen LogP contribution in [-0.2, 0) is 16.6 Å². The average Bonchev–Trinajstić information content (AvgIpc) is 3.33. The van der Waals surface area contributed by atoms with Gasteiger partial charge in [-0.05, 0) is 28.7 Å². The molecule has 0 aliphatic heterocycles. The Bertz CT molecular complexity index is 1170. The Balaban J connectivity index is 1.40. The molecule has 0 fully saturated rings. The van der Waals surface area contributed by atoms with E-state index in [-0.39, 0.29) is 23.9 Å². The van der Waals surface area contributed by atoms with Gasteiger partial charge in [0.2, 0.25) is 5.91 Å². The second-order valence-corrected chi connectivity index (χ2v) is 7.79. The van der Waals surface area contributed by atoms with Gasteiger partial charge in [-0.3, -0.25) is 9.48 Å². The molecular formula is C24H24N4O5. The first kappa shape index (κ1) is 22.1. The fourth-order valence-electron chi connectivity index (χ4n) is 4.09. The summed E-state index contributed by atoms with van der Waals surface area (Å²) in [6.07, 6.45) is 0.962. The number of carbonyl (C=O) groups is 3. The third kappa shape index (κ3) is 4.43. The van der Waals surface area contributed by atoms with Crippen molar-refractivity contribution in [2.75, 3.05) is 11.9 Å². The van der Waals surface area contributed by atoms with Gasteiger partial charge in [-0.1, -0.05) is 55.5 Å². The van der Waals surface area contributed by atoms with Crippen molar-refractivity contribution in [3.05, 3.63) is 71.5 Å². The van der Waals surface area contributed by atoms with E-state index >= 15 is 0 Å². The first-order valence-electron chi connectivity index (χ1n) is 10.6. The normalized spacial score (nSPS) is 13.0. The summed E-state index contributed by atoms with van der Waals surface area (Å²) in [5.41, 5.74) is 4.21. The van der Waals surface area contributed by atoms with Crippen LogP contribution in [0.3, 0.4) is 0 Å². The van der Waals surface area contributed by atoms with E-state index in [4.69, 9.17) is 4.74 Å². The van der Waals surface area contributed by atoms with Gasteiger partial charge in [0, 0.05) is 19.2 Å². The fourth-order valence-corrected chi connectivity index (χ4v) is 4.09. The average molecular weight is 448 g/mol. The predicted molar refractivity (Wildman–Crippen MR) is 121 cm³/mol. The third-order valence-corrected chi connectivity index (χ3v) is 5.65. The number of carboxylic acids is 1. The fraction of sp³-hybridized carbons (Fsp3) is 0.250. The highest BCUT2D eigenvalue weighted by Gasteiger charge is 2.30. The number of fused-ring (bicyclic) bond motifs is 3. The Hall–Kier alpha value is -4.14. The van der Waals surface area contributed by atoms with E-state index in [1.54, 1.807) is 14.0 Å². The minimum absolute atomic E-state index is 0.0581. The summed E-state index contributed by atoms with van der Waals surface area (Å²) in [6, 6.07) is 15.1. The Kier molecular flexibility index (Phi) is 6.12. The highest BCUT2D eigenvalue weighted by atomic mass is 16.5. The number of amides is 2. The molecule has 9 nitrogen and oxygen atoms in total. The molecule has 4 rings (SSSR count). The molecule has 0 unspecified atom stereocenters. The maximum absolute atomic E-state index is 12.6. The van der Waals surface area contributed by atoms with Crippen LogP contribution >= 0.6 is 0 Å². The van der Waals surface area contributed by atoms with E-state index in [9.17, 15) is 19.5 Å². The second kappa shape index (κ2) is 9.15. The van der Waals surface area contributed by atoms with Crippen LogP contribution in [0.2, 0.25) is 0 Å². The Morgan fingerprint density at radius 3 is 2.27 bits per heavy atom. The summed E-state index contributed by atoms with van der Waals surface area (Å²) in [5, 5.41) is 18.1. The number of anilines is 1. The zero-order chi connectivity index (χ0) is 23.5. The summed E-state index contributed by atoms with van der Waals surface area (Å²) in [6.45, 7) is 1.86. The van der Waals surface area contributed by atoms with Crippen LogP contribution in [0.25, 0.3) is 11.1 Å². The van der Waals surface area contributed by atoms with Crippen LogP contribution in [0.5, 0.6) is 0 Å². The number of benzene rings is 2. The molecule has 3 N–H and O–H groups in total. The molecule has 170 valence electrons. The van der Waals surface area contributed by atoms with Crippen molar-refractivity contribution in [3.8, 4) is 11.1 Å².